The number of nitrogens with zero attached hydrogens (tertiary/aromatic N) is 1. The van der Waals surface area contributed by atoms with Crippen molar-refractivity contribution in [2.75, 3.05) is 0 Å². The molecule has 0 bridgehead atoms. The molecule has 0 saturated carbocycles. The standard InChI is InChI=1S/C27H17NO6/c29-25(28-34)19-7-1-16(2-8-19)22-13-23(17-3-9-20(10-4-17)26(30)31)15-24(14-22)18-5-11-21(12-6-18)27(32)33/h1-15H,(H,30,31)(H,32,33). The van der Waals surface area contributed by atoms with Crippen molar-refractivity contribution in [1.29, 1.82) is 0 Å². The Balaban J connectivity index is 1.83. The maximum atomic E-state index is 11.5. The van der Waals surface area contributed by atoms with Crippen molar-refractivity contribution < 1.29 is 24.6 Å². The molecule has 0 heterocycles. The molecule has 4 rings (SSSR count). The van der Waals surface area contributed by atoms with Crippen molar-refractivity contribution in [3.05, 3.63) is 113 Å². The van der Waals surface area contributed by atoms with E-state index < -0.39 is 17.8 Å². The molecular formula is C27H17NO6. The second-order valence-corrected chi connectivity index (χ2v) is 7.54. The lowest BCUT2D eigenvalue weighted by atomic mass is 9.92. The van der Waals surface area contributed by atoms with Crippen LogP contribution in [0.5, 0.6) is 0 Å². The fraction of sp³-hybridized carbons (Fsp3) is 0. The molecule has 0 aromatic heterocycles. The quantitative estimate of drug-likeness (QED) is 0.347. The van der Waals surface area contributed by atoms with Gasteiger partial charge in [-0.15, -0.1) is 4.91 Å². The summed E-state index contributed by atoms with van der Waals surface area (Å²) in [6.45, 7) is 0. The number of hydrogen-bond acceptors (Lipinski definition) is 4. The van der Waals surface area contributed by atoms with Crippen LogP contribution in [-0.2, 0) is 0 Å². The van der Waals surface area contributed by atoms with Gasteiger partial charge in [-0.05, 0) is 88.0 Å². The van der Waals surface area contributed by atoms with Gasteiger partial charge >= 0.3 is 17.8 Å². The predicted octanol–water partition coefficient (Wildman–Crippen LogP) is 5.99. The number of rotatable bonds is 6. The molecule has 0 aliphatic rings. The number of nitroso groups, excluding NO2 is 1. The fourth-order valence-electron chi connectivity index (χ4n) is 3.60. The van der Waals surface area contributed by atoms with Gasteiger partial charge in [0.25, 0.3) is 0 Å². The van der Waals surface area contributed by atoms with Crippen molar-refractivity contribution in [3.8, 4) is 33.4 Å². The number of hydrogen-bond donors (Lipinski definition) is 2. The molecule has 0 unspecified atom stereocenters. The molecule has 0 fully saturated rings. The number of amides is 1. The molecule has 0 spiro atoms. The number of carboxylic acid groups (broad SMARTS) is 2. The van der Waals surface area contributed by atoms with Crippen LogP contribution >= 0.6 is 0 Å². The lowest BCUT2D eigenvalue weighted by Crippen LogP contribution is -1.96. The van der Waals surface area contributed by atoms with E-state index in [0.29, 0.717) is 0 Å². The zero-order valence-corrected chi connectivity index (χ0v) is 17.6. The van der Waals surface area contributed by atoms with Crippen molar-refractivity contribution in [2.24, 2.45) is 5.18 Å². The Morgan fingerprint density at radius 1 is 0.471 bits per heavy atom. The van der Waals surface area contributed by atoms with Crippen LogP contribution in [0.1, 0.15) is 31.1 Å². The molecule has 166 valence electrons. The molecule has 0 aliphatic heterocycles. The Labute approximate surface area is 193 Å². The van der Waals surface area contributed by atoms with Crippen LogP contribution in [-0.4, -0.2) is 28.1 Å². The van der Waals surface area contributed by atoms with Crippen molar-refractivity contribution in [2.45, 2.75) is 0 Å². The Hall–Kier alpha value is -4.91. The molecule has 7 heteroatoms. The number of carbonyl (C=O) groups is 3. The first-order chi connectivity index (χ1) is 16.4. The molecule has 34 heavy (non-hydrogen) atoms. The normalized spacial score (nSPS) is 10.5. The number of carboxylic acids is 2. The summed E-state index contributed by atoms with van der Waals surface area (Å²) in [5.74, 6) is -2.88. The Morgan fingerprint density at radius 2 is 0.765 bits per heavy atom. The van der Waals surface area contributed by atoms with Gasteiger partial charge in [-0.25, -0.2) is 9.59 Å². The molecule has 1 amide bonds. The molecular weight excluding hydrogens is 434 g/mol. The molecule has 2 N–H and O–H groups in total. The van der Waals surface area contributed by atoms with Gasteiger partial charge in [-0.3, -0.25) is 4.79 Å². The minimum atomic E-state index is -1.01. The summed E-state index contributed by atoms with van der Waals surface area (Å²) in [5, 5.41) is 20.8. The summed E-state index contributed by atoms with van der Waals surface area (Å²) in [7, 11) is 0. The highest BCUT2D eigenvalue weighted by Crippen LogP contribution is 2.33. The van der Waals surface area contributed by atoms with Crippen molar-refractivity contribution in [3.63, 3.8) is 0 Å². The van der Waals surface area contributed by atoms with Crippen LogP contribution in [0.3, 0.4) is 0 Å². The van der Waals surface area contributed by atoms with Gasteiger partial charge in [0.15, 0.2) is 0 Å². The van der Waals surface area contributed by atoms with Gasteiger partial charge in [-0.1, -0.05) is 36.4 Å². The van der Waals surface area contributed by atoms with Crippen LogP contribution in [0.15, 0.2) is 96.2 Å². The first-order valence-corrected chi connectivity index (χ1v) is 10.2. The average Bonchev–Trinajstić information content (AvgIpc) is 2.88. The highest BCUT2D eigenvalue weighted by atomic mass is 16.4. The Bertz CT molecular complexity index is 1330. The summed E-state index contributed by atoms with van der Waals surface area (Å²) in [4.78, 5) is 44.5. The molecule has 7 nitrogen and oxygen atoms in total. The lowest BCUT2D eigenvalue weighted by Gasteiger charge is -2.12. The van der Waals surface area contributed by atoms with E-state index in [0.717, 1.165) is 33.4 Å². The third kappa shape index (κ3) is 4.63. The maximum Gasteiger partial charge on any atom is 0.335 e. The van der Waals surface area contributed by atoms with Crippen LogP contribution < -0.4 is 0 Å². The molecule has 0 saturated heterocycles. The van der Waals surface area contributed by atoms with Crippen molar-refractivity contribution in [1.82, 2.24) is 0 Å². The summed E-state index contributed by atoms with van der Waals surface area (Å²) >= 11 is 0. The third-order valence-corrected chi connectivity index (χ3v) is 5.41. The number of aromatic carboxylic acids is 2. The second-order valence-electron chi connectivity index (χ2n) is 7.54. The molecule has 0 aliphatic carbocycles. The highest BCUT2D eigenvalue weighted by Gasteiger charge is 2.11. The summed E-state index contributed by atoms with van der Waals surface area (Å²) < 4.78 is 0. The van der Waals surface area contributed by atoms with E-state index >= 15 is 0 Å². The van der Waals surface area contributed by atoms with Gasteiger partial charge in [0.2, 0.25) is 0 Å². The minimum Gasteiger partial charge on any atom is -0.478 e. The van der Waals surface area contributed by atoms with Crippen molar-refractivity contribution >= 4 is 17.8 Å². The summed E-state index contributed by atoms with van der Waals surface area (Å²) in [5.41, 5.74) is 5.37. The minimum absolute atomic E-state index is 0.174. The fourth-order valence-corrected chi connectivity index (χ4v) is 3.60. The van der Waals surface area contributed by atoms with Gasteiger partial charge in [-0.2, -0.15) is 0 Å². The number of benzene rings is 4. The zero-order valence-electron chi connectivity index (χ0n) is 17.6. The smallest absolute Gasteiger partial charge is 0.335 e. The molecule has 0 radical (unpaired) electrons. The maximum absolute atomic E-state index is 11.5. The number of carbonyl (C=O) groups excluding carboxylic acids is 1. The first kappa shape index (κ1) is 22.3. The van der Waals surface area contributed by atoms with Gasteiger partial charge in [0, 0.05) is 10.7 Å². The van der Waals surface area contributed by atoms with Gasteiger partial charge in [0.1, 0.15) is 0 Å². The third-order valence-electron chi connectivity index (χ3n) is 5.41. The van der Waals surface area contributed by atoms with Crippen LogP contribution in [0.2, 0.25) is 0 Å². The van der Waals surface area contributed by atoms with Crippen LogP contribution in [0.25, 0.3) is 33.4 Å². The van der Waals surface area contributed by atoms with E-state index in [-0.39, 0.29) is 16.7 Å². The molecule has 0 atom stereocenters. The first-order valence-electron chi connectivity index (χ1n) is 10.2. The van der Waals surface area contributed by atoms with E-state index in [1.165, 1.54) is 36.4 Å². The Kier molecular flexibility index (Phi) is 6.09. The second kappa shape index (κ2) is 9.30. The van der Waals surface area contributed by atoms with Crippen LogP contribution in [0.4, 0.5) is 0 Å². The predicted molar refractivity (Wildman–Crippen MR) is 127 cm³/mol. The molecule has 4 aromatic rings. The topological polar surface area (TPSA) is 121 Å². The monoisotopic (exact) mass is 451 g/mol. The zero-order chi connectivity index (χ0) is 24.2. The van der Waals surface area contributed by atoms with Gasteiger partial charge < -0.3 is 10.2 Å². The SMILES string of the molecule is O=NC(=O)c1ccc(-c2cc(-c3ccc(C(=O)O)cc3)cc(-c3ccc(C(=O)O)cc3)c2)cc1. The van der Waals surface area contributed by atoms with E-state index in [1.807, 2.05) is 18.2 Å². The summed E-state index contributed by atoms with van der Waals surface area (Å²) in [6, 6.07) is 25.2. The van der Waals surface area contributed by atoms with E-state index in [2.05, 4.69) is 5.18 Å². The van der Waals surface area contributed by atoms with E-state index in [1.54, 1.807) is 36.4 Å². The lowest BCUT2D eigenvalue weighted by molar-refractivity contribution is 0.0686. The largest absolute Gasteiger partial charge is 0.478 e. The molecule has 4 aromatic carbocycles. The summed E-state index contributed by atoms with van der Waals surface area (Å²) in [6.07, 6.45) is 0. The van der Waals surface area contributed by atoms with Gasteiger partial charge in [0.05, 0.1) is 11.1 Å². The van der Waals surface area contributed by atoms with E-state index in [4.69, 9.17) is 0 Å². The Morgan fingerprint density at radius 3 is 1.03 bits per heavy atom. The highest BCUT2D eigenvalue weighted by molar-refractivity contribution is 5.95. The van der Waals surface area contributed by atoms with Crippen LogP contribution in [0, 0.1) is 4.91 Å². The van der Waals surface area contributed by atoms with E-state index in [9.17, 15) is 29.5 Å². The average molecular weight is 451 g/mol.